The zero-order valence-corrected chi connectivity index (χ0v) is 24.1. The van der Waals surface area contributed by atoms with Crippen LogP contribution in [0, 0.1) is 28.6 Å². The van der Waals surface area contributed by atoms with Crippen LogP contribution in [0.5, 0.6) is 0 Å². The molecule has 0 spiro atoms. The molecular formula is C33H41NO7. The lowest BCUT2D eigenvalue weighted by molar-refractivity contribution is -0.181. The molecule has 0 aromatic heterocycles. The molecule has 8 nitrogen and oxygen atoms in total. The van der Waals surface area contributed by atoms with Gasteiger partial charge in [-0.05, 0) is 68.6 Å². The molecule has 8 atom stereocenters. The van der Waals surface area contributed by atoms with E-state index in [-0.39, 0.29) is 61.2 Å². The number of carbonyl (C=O) groups excluding carboxylic acids is 4. The third-order valence-corrected chi connectivity index (χ3v) is 10.7. The molecule has 0 unspecified atom stereocenters. The second-order valence-corrected chi connectivity index (χ2v) is 12.9. The molecule has 0 aliphatic heterocycles. The van der Waals surface area contributed by atoms with Gasteiger partial charge in [-0.1, -0.05) is 55.8 Å². The Morgan fingerprint density at radius 2 is 1.85 bits per heavy atom. The van der Waals surface area contributed by atoms with Crippen LogP contribution in [0.1, 0.15) is 77.3 Å². The quantitative estimate of drug-likeness (QED) is 0.411. The van der Waals surface area contributed by atoms with Crippen LogP contribution < -0.4 is 5.32 Å². The van der Waals surface area contributed by atoms with Crippen molar-refractivity contribution in [2.24, 2.45) is 28.6 Å². The third-order valence-electron chi connectivity index (χ3n) is 10.7. The summed E-state index contributed by atoms with van der Waals surface area (Å²) in [6, 6.07) is 9.29. The van der Waals surface area contributed by atoms with Gasteiger partial charge in [-0.15, -0.1) is 0 Å². The summed E-state index contributed by atoms with van der Waals surface area (Å²) in [5.41, 5.74) is -1.01. The average molecular weight is 564 g/mol. The zero-order valence-electron chi connectivity index (χ0n) is 24.1. The van der Waals surface area contributed by atoms with Crippen molar-refractivity contribution in [3.63, 3.8) is 0 Å². The summed E-state index contributed by atoms with van der Waals surface area (Å²) in [6.07, 6.45) is 6.88. The van der Waals surface area contributed by atoms with E-state index in [0.29, 0.717) is 6.42 Å². The summed E-state index contributed by atoms with van der Waals surface area (Å²) in [4.78, 5) is 50.2. The highest BCUT2D eigenvalue weighted by atomic mass is 16.5. The highest BCUT2D eigenvalue weighted by molar-refractivity contribution is 6.01. The number of amides is 1. The minimum absolute atomic E-state index is 0.0141. The van der Waals surface area contributed by atoms with E-state index in [1.807, 2.05) is 50.3 Å². The Morgan fingerprint density at radius 1 is 1.12 bits per heavy atom. The fraction of sp³-hybridized carbons (Fsp3) is 0.576. The molecule has 41 heavy (non-hydrogen) atoms. The van der Waals surface area contributed by atoms with Crippen LogP contribution in [0.2, 0.25) is 0 Å². The first-order valence-corrected chi connectivity index (χ1v) is 14.8. The van der Waals surface area contributed by atoms with E-state index in [1.54, 1.807) is 12.2 Å². The Bertz CT molecular complexity index is 1290. The van der Waals surface area contributed by atoms with Gasteiger partial charge in [0.25, 0.3) is 0 Å². The van der Waals surface area contributed by atoms with Gasteiger partial charge < -0.3 is 20.3 Å². The number of allylic oxidation sites excluding steroid dienone is 4. The minimum Gasteiger partial charge on any atom is -0.458 e. The van der Waals surface area contributed by atoms with Gasteiger partial charge in [0.1, 0.15) is 5.60 Å². The number of nitrogens with one attached hydrogen (secondary N) is 1. The van der Waals surface area contributed by atoms with Crippen molar-refractivity contribution in [2.45, 2.75) is 83.5 Å². The summed E-state index contributed by atoms with van der Waals surface area (Å²) >= 11 is 0. The van der Waals surface area contributed by atoms with Gasteiger partial charge in [-0.25, -0.2) is 0 Å². The number of carbonyl (C=O) groups is 4. The second-order valence-electron chi connectivity index (χ2n) is 12.9. The second kappa shape index (κ2) is 11.0. The molecule has 3 fully saturated rings. The van der Waals surface area contributed by atoms with Gasteiger partial charge in [-0.3, -0.25) is 19.2 Å². The van der Waals surface area contributed by atoms with Crippen molar-refractivity contribution in [1.29, 1.82) is 0 Å². The maximum atomic E-state index is 13.4. The van der Waals surface area contributed by atoms with E-state index in [9.17, 15) is 29.4 Å². The van der Waals surface area contributed by atoms with Crippen molar-refractivity contribution in [3.05, 3.63) is 59.7 Å². The Morgan fingerprint density at radius 3 is 2.59 bits per heavy atom. The lowest BCUT2D eigenvalue weighted by Gasteiger charge is -2.59. The number of Topliss-reactive ketones (excluding diaryl/α,β-unsaturated/α-hetero) is 1. The highest BCUT2D eigenvalue weighted by Crippen LogP contribution is 2.67. The lowest BCUT2D eigenvalue weighted by Crippen LogP contribution is -2.61. The van der Waals surface area contributed by atoms with Crippen LogP contribution in [0.25, 0.3) is 0 Å². The SMILES string of the molecule is C[C@H](NC(=O)CCC(=O)OCC(=O)[C@@]1(O)CC[C@@H]2[C@@H]3CCC4=CC(=O)C=C[C@]4(C)[C@H]3[C@H](O)C[C@@]21C)c1ccccc1. The minimum atomic E-state index is -1.72. The Kier molecular flexibility index (Phi) is 7.85. The van der Waals surface area contributed by atoms with Gasteiger partial charge in [0.05, 0.1) is 18.6 Å². The van der Waals surface area contributed by atoms with E-state index >= 15 is 0 Å². The van der Waals surface area contributed by atoms with Crippen molar-refractivity contribution in [3.8, 4) is 0 Å². The molecule has 0 bridgehead atoms. The van der Waals surface area contributed by atoms with E-state index in [4.69, 9.17) is 4.74 Å². The smallest absolute Gasteiger partial charge is 0.306 e. The average Bonchev–Trinajstić information content (AvgIpc) is 3.21. The van der Waals surface area contributed by atoms with Crippen LogP contribution in [0.4, 0.5) is 0 Å². The first-order valence-electron chi connectivity index (χ1n) is 14.8. The van der Waals surface area contributed by atoms with Gasteiger partial charge in [0, 0.05) is 23.2 Å². The van der Waals surface area contributed by atoms with E-state index < -0.39 is 40.9 Å². The van der Waals surface area contributed by atoms with Crippen molar-refractivity contribution >= 4 is 23.4 Å². The number of rotatable bonds is 8. The monoisotopic (exact) mass is 563 g/mol. The van der Waals surface area contributed by atoms with Crippen LogP contribution in [-0.4, -0.2) is 52.0 Å². The van der Waals surface area contributed by atoms with E-state index in [1.165, 1.54) is 0 Å². The molecule has 3 N–H and O–H groups in total. The molecule has 1 aromatic carbocycles. The fourth-order valence-corrected chi connectivity index (χ4v) is 8.48. The normalized spacial score (nSPS) is 36.3. The lowest BCUT2D eigenvalue weighted by atomic mass is 9.46. The third kappa shape index (κ3) is 5.10. The number of fused-ring (bicyclic) bond motifs is 5. The molecule has 5 rings (SSSR count). The molecular weight excluding hydrogens is 522 g/mol. The number of ether oxygens (including phenoxy) is 1. The number of aliphatic hydroxyl groups excluding tert-OH is 1. The number of hydrogen-bond donors (Lipinski definition) is 3. The van der Waals surface area contributed by atoms with E-state index in [0.717, 1.165) is 24.0 Å². The first kappa shape index (κ1) is 29.4. The number of esters is 1. The predicted molar refractivity (Wildman–Crippen MR) is 151 cm³/mol. The molecule has 3 saturated carbocycles. The molecule has 0 saturated heterocycles. The van der Waals surface area contributed by atoms with Gasteiger partial charge in [0.15, 0.2) is 12.4 Å². The summed E-state index contributed by atoms with van der Waals surface area (Å²) in [5.74, 6) is -1.55. The van der Waals surface area contributed by atoms with Gasteiger partial charge in [-0.2, -0.15) is 0 Å². The van der Waals surface area contributed by atoms with Crippen LogP contribution >= 0.6 is 0 Å². The van der Waals surface area contributed by atoms with Gasteiger partial charge >= 0.3 is 5.97 Å². The fourth-order valence-electron chi connectivity index (χ4n) is 8.48. The van der Waals surface area contributed by atoms with Gasteiger partial charge in [0.2, 0.25) is 11.7 Å². The number of aliphatic hydroxyl groups is 2. The molecule has 0 heterocycles. The standard InChI is InChI=1S/C33H41NO7/c1-20(21-7-5-4-6-8-21)34-28(38)11-12-29(39)41-19-27(37)33(40)16-14-25-24-10-9-22-17-23(35)13-15-31(22,2)30(24)26(36)18-32(25,33)3/h4-8,13,15,17,20,24-26,30,36,40H,9-12,14,16,18-19H2,1-3H3,(H,34,38)/t20-,24-,25+,26+,30+,31-,32-,33-/m0/s1. The van der Waals surface area contributed by atoms with Crippen molar-refractivity contribution < 1.29 is 34.1 Å². The number of ketones is 2. The maximum Gasteiger partial charge on any atom is 0.306 e. The summed E-state index contributed by atoms with van der Waals surface area (Å²) in [6.45, 7) is 5.26. The molecule has 4 aliphatic rings. The molecule has 1 aromatic rings. The van der Waals surface area contributed by atoms with Crippen LogP contribution in [0.3, 0.4) is 0 Å². The Labute approximate surface area is 241 Å². The molecule has 220 valence electrons. The van der Waals surface area contributed by atoms with Crippen molar-refractivity contribution in [1.82, 2.24) is 5.32 Å². The van der Waals surface area contributed by atoms with Crippen LogP contribution in [-0.2, 0) is 23.9 Å². The zero-order chi connectivity index (χ0) is 29.6. The highest BCUT2D eigenvalue weighted by Gasteiger charge is 2.68. The van der Waals surface area contributed by atoms with Crippen LogP contribution in [0.15, 0.2) is 54.1 Å². The maximum absolute atomic E-state index is 13.4. The summed E-state index contributed by atoms with van der Waals surface area (Å²) < 4.78 is 5.24. The van der Waals surface area contributed by atoms with Crippen molar-refractivity contribution in [2.75, 3.05) is 6.61 Å². The summed E-state index contributed by atoms with van der Waals surface area (Å²) in [5, 5.41) is 26.1. The first-order chi connectivity index (χ1) is 19.4. The largest absolute Gasteiger partial charge is 0.458 e. The molecule has 1 amide bonds. The molecule has 8 heteroatoms. The molecule has 0 radical (unpaired) electrons. The topological polar surface area (TPSA) is 130 Å². The Hall–Kier alpha value is -3.10. The number of hydrogen-bond acceptors (Lipinski definition) is 7. The number of benzene rings is 1. The molecule has 4 aliphatic carbocycles. The van der Waals surface area contributed by atoms with E-state index in [2.05, 4.69) is 12.2 Å². The Balaban J connectivity index is 1.18. The predicted octanol–water partition coefficient (Wildman–Crippen LogP) is 3.77. The summed E-state index contributed by atoms with van der Waals surface area (Å²) in [7, 11) is 0.